The summed E-state index contributed by atoms with van der Waals surface area (Å²) in [5.41, 5.74) is 2.85. The van der Waals surface area contributed by atoms with Crippen molar-refractivity contribution in [2.45, 2.75) is 46.2 Å². The standard InChI is InChI=1S/C20H23N3O2S/c1-4-5-14(3)22-17(24)10-23-12-21-19-18(20(23)25)16(11-26-19)15-8-6-13(2)7-9-15/h6-9,11-12,14H,4-5,10H2,1-3H3,(H,22,24). The van der Waals surface area contributed by atoms with E-state index in [4.69, 9.17) is 0 Å². The lowest BCUT2D eigenvalue weighted by atomic mass is 10.1. The molecule has 0 aliphatic carbocycles. The molecule has 0 aliphatic rings. The van der Waals surface area contributed by atoms with E-state index in [0.29, 0.717) is 10.2 Å². The van der Waals surface area contributed by atoms with E-state index in [9.17, 15) is 9.59 Å². The lowest BCUT2D eigenvalue weighted by Gasteiger charge is -2.13. The lowest BCUT2D eigenvalue weighted by molar-refractivity contribution is -0.122. The zero-order chi connectivity index (χ0) is 18.7. The van der Waals surface area contributed by atoms with E-state index in [0.717, 1.165) is 24.0 Å². The summed E-state index contributed by atoms with van der Waals surface area (Å²) in [6.45, 7) is 6.06. The minimum absolute atomic E-state index is 0.0149. The van der Waals surface area contributed by atoms with E-state index >= 15 is 0 Å². The zero-order valence-corrected chi connectivity index (χ0v) is 16.1. The molecule has 2 heterocycles. The van der Waals surface area contributed by atoms with Gasteiger partial charge in [0.25, 0.3) is 5.56 Å². The largest absolute Gasteiger partial charge is 0.352 e. The molecule has 1 N–H and O–H groups in total. The quantitative estimate of drug-likeness (QED) is 0.720. The highest BCUT2D eigenvalue weighted by molar-refractivity contribution is 7.17. The van der Waals surface area contributed by atoms with Crippen LogP contribution in [-0.2, 0) is 11.3 Å². The Hall–Kier alpha value is -2.47. The second kappa shape index (κ2) is 7.83. The summed E-state index contributed by atoms with van der Waals surface area (Å²) in [7, 11) is 0. The Morgan fingerprint density at radius 2 is 2.04 bits per heavy atom. The molecule has 5 nitrogen and oxygen atoms in total. The molecule has 136 valence electrons. The second-order valence-electron chi connectivity index (χ2n) is 6.63. The van der Waals surface area contributed by atoms with Gasteiger partial charge in [-0.25, -0.2) is 4.98 Å². The summed E-state index contributed by atoms with van der Waals surface area (Å²) in [5.74, 6) is -0.165. The Balaban J connectivity index is 1.93. The normalized spacial score (nSPS) is 12.3. The molecule has 0 radical (unpaired) electrons. The van der Waals surface area contributed by atoms with Gasteiger partial charge in [0.15, 0.2) is 0 Å². The van der Waals surface area contributed by atoms with Crippen molar-refractivity contribution in [3.05, 3.63) is 51.9 Å². The van der Waals surface area contributed by atoms with Gasteiger partial charge in [-0.1, -0.05) is 43.2 Å². The third kappa shape index (κ3) is 3.85. The predicted octanol–water partition coefficient (Wildman–Crippen LogP) is 3.74. The van der Waals surface area contributed by atoms with Crippen LogP contribution in [0.2, 0.25) is 0 Å². The highest BCUT2D eigenvalue weighted by atomic mass is 32.1. The van der Waals surface area contributed by atoms with Crippen molar-refractivity contribution in [1.82, 2.24) is 14.9 Å². The zero-order valence-electron chi connectivity index (χ0n) is 15.3. The number of aromatic nitrogens is 2. The summed E-state index contributed by atoms with van der Waals surface area (Å²) in [5, 5.41) is 5.46. The van der Waals surface area contributed by atoms with Crippen LogP contribution in [0.3, 0.4) is 0 Å². The van der Waals surface area contributed by atoms with Crippen molar-refractivity contribution >= 4 is 27.5 Å². The van der Waals surface area contributed by atoms with E-state index in [-0.39, 0.29) is 24.1 Å². The number of nitrogens with one attached hydrogen (secondary N) is 1. The first-order chi connectivity index (χ1) is 12.5. The van der Waals surface area contributed by atoms with Crippen LogP contribution in [0.5, 0.6) is 0 Å². The van der Waals surface area contributed by atoms with Gasteiger partial charge in [-0.15, -0.1) is 11.3 Å². The summed E-state index contributed by atoms with van der Waals surface area (Å²) >= 11 is 1.45. The molecule has 1 amide bonds. The Bertz CT molecular complexity index is 973. The molecule has 0 bridgehead atoms. The number of amides is 1. The maximum atomic E-state index is 12.9. The fraction of sp³-hybridized carbons (Fsp3) is 0.350. The summed E-state index contributed by atoms with van der Waals surface area (Å²) in [6.07, 6.45) is 3.38. The number of nitrogens with zero attached hydrogens (tertiary/aromatic N) is 2. The van der Waals surface area contributed by atoms with Crippen LogP contribution in [-0.4, -0.2) is 21.5 Å². The van der Waals surface area contributed by atoms with Crippen molar-refractivity contribution in [2.24, 2.45) is 0 Å². The van der Waals surface area contributed by atoms with Gasteiger partial charge >= 0.3 is 0 Å². The Kier molecular flexibility index (Phi) is 5.52. The number of rotatable bonds is 6. The molecular weight excluding hydrogens is 346 g/mol. The molecule has 1 atom stereocenters. The molecule has 3 rings (SSSR count). The van der Waals surface area contributed by atoms with Gasteiger partial charge in [-0.2, -0.15) is 0 Å². The number of fused-ring (bicyclic) bond motifs is 1. The maximum Gasteiger partial charge on any atom is 0.263 e. The fourth-order valence-electron chi connectivity index (χ4n) is 3.01. The maximum absolute atomic E-state index is 12.9. The molecule has 0 aliphatic heterocycles. The van der Waals surface area contributed by atoms with Crippen LogP contribution in [0, 0.1) is 6.92 Å². The number of hydrogen-bond donors (Lipinski definition) is 1. The van der Waals surface area contributed by atoms with Crippen LogP contribution < -0.4 is 10.9 Å². The molecule has 6 heteroatoms. The van der Waals surface area contributed by atoms with Crippen LogP contribution >= 0.6 is 11.3 Å². The van der Waals surface area contributed by atoms with Gasteiger partial charge in [-0.05, 0) is 25.8 Å². The monoisotopic (exact) mass is 369 g/mol. The van der Waals surface area contributed by atoms with Crippen LogP contribution in [0.1, 0.15) is 32.3 Å². The lowest BCUT2D eigenvalue weighted by Crippen LogP contribution is -2.37. The summed E-state index contributed by atoms with van der Waals surface area (Å²) in [4.78, 5) is 30.2. The Labute approximate surface area is 156 Å². The SMILES string of the molecule is CCCC(C)NC(=O)Cn1cnc2scc(-c3ccc(C)cc3)c2c1=O. The average Bonchev–Trinajstić information content (AvgIpc) is 3.03. The number of thiophene rings is 1. The van der Waals surface area contributed by atoms with Crippen molar-refractivity contribution < 1.29 is 4.79 Å². The molecule has 1 unspecified atom stereocenters. The second-order valence-corrected chi connectivity index (χ2v) is 7.49. The third-order valence-electron chi connectivity index (χ3n) is 4.37. The van der Waals surface area contributed by atoms with Crippen LogP contribution in [0.15, 0.2) is 40.8 Å². The van der Waals surface area contributed by atoms with Crippen molar-refractivity contribution in [3.63, 3.8) is 0 Å². The fourth-order valence-corrected chi connectivity index (χ4v) is 3.91. The molecule has 26 heavy (non-hydrogen) atoms. The minimum atomic E-state index is -0.176. The van der Waals surface area contributed by atoms with Crippen molar-refractivity contribution in [2.75, 3.05) is 0 Å². The van der Waals surface area contributed by atoms with E-state index in [1.165, 1.54) is 27.8 Å². The van der Waals surface area contributed by atoms with Gasteiger partial charge in [0.05, 0.1) is 11.7 Å². The number of benzene rings is 1. The molecule has 0 fully saturated rings. The smallest absolute Gasteiger partial charge is 0.263 e. The van der Waals surface area contributed by atoms with Crippen molar-refractivity contribution in [1.29, 1.82) is 0 Å². The van der Waals surface area contributed by atoms with Gasteiger partial charge in [0, 0.05) is 17.0 Å². The highest BCUT2D eigenvalue weighted by Gasteiger charge is 2.15. The Morgan fingerprint density at radius 1 is 1.31 bits per heavy atom. The topological polar surface area (TPSA) is 64.0 Å². The molecule has 0 saturated heterocycles. The molecular formula is C20H23N3O2S. The van der Waals surface area contributed by atoms with E-state index in [1.807, 2.05) is 43.5 Å². The number of carbonyl (C=O) groups is 1. The first kappa shape index (κ1) is 18.3. The van der Waals surface area contributed by atoms with E-state index in [1.54, 1.807) is 0 Å². The third-order valence-corrected chi connectivity index (χ3v) is 5.25. The average molecular weight is 369 g/mol. The number of carbonyl (C=O) groups excluding carboxylic acids is 1. The first-order valence-electron chi connectivity index (χ1n) is 8.82. The van der Waals surface area contributed by atoms with Crippen LogP contribution in [0.4, 0.5) is 0 Å². The minimum Gasteiger partial charge on any atom is -0.352 e. The predicted molar refractivity (Wildman–Crippen MR) is 107 cm³/mol. The first-order valence-corrected chi connectivity index (χ1v) is 9.70. The molecule has 2 aromatic heterocycles. The number of aryl methyl sites for hydroxylation is 1. The number of hydrogen-bond acceptors (Lipinski definition) is 4. The summed E-state index contributed by atoms with van der Waals surface area (Å²) in [6, 6.07) is 8.16. The van der Waals surface area contributed by atoms with Crippen molar-refractivity contribution in [3.8, 4) is 11.1 Å². The highest BCUT2D eigenvalue weighted by Crippen LogP contribution is 2.30. The molecule has 1 aromatic carbocycles. The van der Waals surface area contributed by atoms with Crippen LogP contribution in [0.25, 0.3) is 21.3 Å². The molecule has 0 spiro atoms. The van der Waals surface area contributed by atoms with Gasteiger partial charge in [-0.3, -0.25) is 14.2 Å². The Morgan fingerprint density at radius 3 is 2.73 bits per heavy atom. The van der Waals surface area contributed by atoms with Gasteiger partial charge in [0.2, 0.25) is 5.91 Å². The van der Waals surface area contributed by atoms with E-state index < -0.39 is 0 Å². The molecule has 0 saturated carbocycles. The van der Waals surface area contributed by atoms with E-state index in [2.05, 4.69) is 17.2 Å². The van der Waals surface area contributed by atoms with Gasteiger partial charge < -0.3 is 5.32 Å². The summed E-state index contributed by atoms with van der Waals surface area (Å²) < 4.78 is 1.39. The van der Waals surface area contributed by atoms with Gasteiger partial charge in [0.1, 0.15) is 11.4 Å². The molecule has 3 aromatic rings.